The highest BCUT2D eigenvalue weighted by molar-refractivity contribution is 9.08. The highest BCUT2D eigenvalue weighted by atomic mass is 79.9. The van der Waals surface area contributed by atoms with Crippen molar-refractivity contribution >= 4 is 15.9 Å². The van der Waals surface area contributed by atoms with Gasteiger partial charge < -0.3 is 4.74 Å². The fourth-order valence-electron chi connectivity index (χ4n) is 1.08. The highest BCUT2D eigenvalue weighted by Crippen LogP contribution is 2.27. The molecule has 1 aliphatic rings. The van der Waals surface area contributed by atoms with Gasteiger partial charge in [-0.05, 0) is 30.5 Å². The van der Waals surface area contributed by atoms with E-state index in [9.17, 15) is 0 Å². The van der Waals surface area contributed by atoms with Crippen molar-refractivity contribution in [3.8, 4) is 5.75 Å². The summed E-state index contributed by atoms with van der Waals surface area (Å²) in [6, 6.07) is 8.24. The SMILES string of the molecule is BrCc1cccc(OC2CC2)c1. The van der Waals surface area contributed by atoms with Gasteiger partial charge in [0.2, 0.25) is 0 Å². The van der Waals surface area contributed by atoms with Crippen LogP contribution in [0.5, 0.6) is 5.75 Å². The van der Waals surface area contributed by atoms with E-state index >= 15 is 0 Å². The molecule has 0 aliphatic heterocycles. The molecule has 1 saturated carbocycles. The number of benzene rings is 1. The van der Waals surface area contributed by atoms with Crippen molar-refractivity contribution in [2.24, 2.45) is 0 Å². The largest absolute Gasteiger partial charge is 0.490 e. The first-order chi connectivity index (χ1) is 5.88. The van der Waals surface area contributed by atoms with E-state index in [0.29, 0.717) is 6.10 Å². The lowest BCUT2D eigenvalue weighted by Gasteiger charge is -2.04. The van der Waals surface area contributed by atoms with Gasteiger partial charge in [0.25, 0.3) is 0 Å². The van der Waals surface area contributed by atoms with Gasteiger partial charge in [-0.1, -0.05) is 28.1 Å². The van der Waals surface area contributed by atoms with Crippen molar-refractivity contribution in [1.82, 2.24) is 0 Å². The molecule has 0 unspecified atom stereocenters. The van der Waals surface area contributed by atoms with Gasteiger partial charge in [0.15, 0.2) is 0 Å². The summed E-state index contributed by atoms with van der Waals surface area (Å²) in [5, 5.41) is 0.898. The molecule has 64 valence electrons. The smallest absolute Gasteiger partial charge is 0.120 e. The van der Waals surface area contributed by atoms with Gasteiger partial charge in [-0.25, -0.2) is 0 Å². The molecule has 1 aromatic carbocycles. The van der Waals surface area contributed by atoms with Crippen molar-refractivity contribution in [2.75, 3.05) is 0 Å². The van der Waals surface area contributed by atoms with E-state index in [-0.39, 0.29) is 0 Å². The Balaban J connectivity index is 2.08. The summed E-state index contributed by atoms with van der Waals surface area (Å²) >= 11 is 3.42. The maximum absolute atomic E-state index is 5.65. The van der Waals surface area contributed by atoms with Crippen LogP contribution in [0, 0.1) is 0 Å². The van der Waals surface area contributed by atoms with E-state index in [1.807, 2.05) is 12.1 Å². The molecule has 0 amide bonds. The number of hydrogen-bond acceptors (Lipinski definition) is 1. The molecule has 0 bridgehead atoms. The maximum atomic E-state index is 5.65. The molecule has 0 N–H and O–H groups in total. The minimum Gasteiger partial charge on any atom is -0.490 e. The van der Waals surface area contributed by atoms with E-state index in [2.05, 4.69) is 28.1 Å². The lowest BCUT2D eigenvalue weighted by Crippen LogP contribution is -1.95. The highest BCUT2D eigenvalue weighted by Gasteiger charge is 2.23. The second kappa shape index (κ2) is 3.48. The number of alkyl halides is 1. The van der Waals surface area contributed by atoms with Crippen molar-refractivity contribution < 1.29 is 4.74 Å². The Morgan fingerprint density at radius 2 is 2.25 bits per heavy atom. The first-order valence-electron chi connectivity index (χ1n) is 4.20. The molecule has 1 aromatic rings. The molecule has 2 heteroatoms. The topological polar surface area (TPSA) is 9.23 Å². The molecule has 1 fully saturated rings. The predicted octanol–water partition coefficient (Wildman–Crippen LogP) is 3.12. The van der Waals surface area contributed by atoms with Gasteiger partial charge in [-0.3, -0.25) is 0 Å². The zero-order valence-electron chi connectivity index (χ0n) is 6.79. The minimum atomic E-state index is 0.496. The van der Waals surface area contributed by atoms with Crippen LogP contribution in [0.1, 0.15) is 18.4 Å². The Morgan fingerprint density at radius 1 is 1.42 bits per heavy atom. The van der Waals surface area contributed by atoms with Crippen LogP contribution in [-0.4, -0.2) is 6.10 Å². The van der Waals surface area contributed by atoms with E-state index in [4.69, 9.17) is 4.74 Å². The molecular weight excluding hydrogens is 216 g/mol. The average molecular weight is 227 g/mol. The maximum Gasteiger partial charge on any atom is 0.120 e. The van der Waals surface area contributed by atoms with Crippen LogP contribution in [0.15, 0.2) is 24.3 Å². The van der Waals surface area contributed by atoms with E-state index in [0.717, 1.165) is 11.1 Å². The molecule has 0 saturated heterocycles. The second-order valence-electron chi connectivity index (χ2n) is 3.10. The van der Waals surface area contributed by atoms with Crippen LogP contribution in [0.4, 0.5) is 0 Å². The predicted molar refractivity (Wildman–Crippen MR) is 52.7 cm³/mol. The molecule has 0 spiro atoms. The standard InChI is InChI=1S/C10H11BrO/c11-7-8-2-1-3-10(6-8)12-9-4-5-9/h1-3,6,9H,4-5,7H2. The molecule has 0 radical (unpaired) electrons. The van der Waals surface area contributed by atoms with Gasteiger partial charge in [-0.2, -0.15) is 0 Å². The summed E-state index contributed by atoms with van der Waals surface area (Å²) in [5.41, 5.74) is 1.27. The van der Waals surface area contributed by atoms with E-state index < -0.39 is 0 Å². The number of hydrogen-bond donors (Lipinski definition) is 0. The molecule has 1 nitrogen and oxygen atoms in total. The van der Waals surface area contributed by atoms with Crippen LogP contribution in [0.3, 0.4) is 0 Å². The van der Waals surface area contributed by atoms with Gasteiger partial charge in [-0.15, -0.1) is 0 Å². The third-order valence-electron chi connectivity index (χ3n) is 1.88. The number of halogens is 1. The number of ether oxygens (including phenoxy) is 1. The van der Waals surface area contributed by atoms with Gasteiger partial charge in [0.05, 0.1) is 6.10 Å². The molecule has 12 heavy (non-hydrogen) atoms. The first-order valence-corrected chi connectivity index (χ1v) is 5.32. The fourth-order valence-corrected chi connectivity index (χ4v) is 1.43. The zero-order valence-corrected chi connectivity index (χ0v) is 8.38. The Kier molecular flexibility index (Phi) is 2.35. The third-order valence-corrected chi connectivity index (χ3v) is 2.53. The van der Waals surface area contributed by atoms with Crippen LogP contribution in [0.25, 0.3) is 0 Å². The van der Waals surface area contributed by atoms with Crippen LogP contribution >= 0.6 is 15.9 Å². The quantitative estimate of drug-likeness (QED) is 0.721. The lowest BCUT2D eigenvalue weighted by molar-refractivity contribution is 0.303. The van der Waals surface area contributed by atoms with Gasteiger partial charge in [0.1, 0.15) is 5.75 Å². The van der Waals surface area contributed by atoms with E-state index in [1.54, 1.807) is 0 Å². The average Bonchev–Trinajstić information content (AvgIpc) is 2.89. The van der Waals surface area contributed by atoms with Crippen LogP contribution in [0.2, 0.25) is 0 Å². The Morgan fingerprint density at radius 3 is 2.92 bits per heavy atom. The summed E-state index contributed by atoms with van der Waals surface area (Å²) < 4.78 is 5.65. The normalized spacial score (nSPS) is 16.1. The van der Waals surface area contributed by atoms with Crippen molar-refractivity contribution in [1.29, 1.82) is 0 Å². The summed E-state index contributed by atoms with van der Waals surface area (Å²) in [6.45, 7) is 0. The van der Waals surface area contributed by atoms with Crippen molar-refractivity contribution in [3.63, 3.8) is 0 Å². The second-order valence-corrected chi connectivity index (χ2v) is 3.66. The fraction of sp³-hybridized carbons (Fsp3) is 0.400. The molecular formula is C10H11BrO. The first kappa shape index (κ1) is 8.11. The van der Waals surface area contributed by atoms with Crippen molar-refractivity contribution in [3.05, 3.63) is 29.8 Å². The summed E-state index contributed by atoms with van der Waals surface area (Å²) in [7, 11) is 0. The Bertz CT molecular complexity index is 268. The Labute approximate surface area is 80.9 Å². The van der Waals surface area contributed by atoms with Gasteiger partial charge in [0, 0.05) is 5.33 Å². The third kappa shape index (κ3) is 2.01. The lowest BCUT2D eigenvalue weighted by atomic mass is 10.2. The molecule has 0 heterocycles. The summed E-state index contributed by atoms with van der Waals surface area (Å²) in [6.07, 6.45) is 2.94. The monoisotopic (exact) mass is 226 g/mol. The van der Waals surface area contributed by atoms with Crippen LogP contribution in [-0.2, 0) is 5.33 Å². The van der Waals surface area contributed by atoms with E-state index in [1.165, 1.54) is 18.4 Å². The number of rotatable bonds is 3. The van der Waals surface area contributed by atoms with Crippen molar-refractivity contribution in [2.45, 2.75) is 24.3 Å². The van der Waals surface area contributed by atoms with Crippen LogP contribution < -0.4 is 4.74 Å². The summed E-state index contributed by atoms with van der Waals surface area (Å²) in [5.74, 6) is 1.01. The minimum absolute atomic E-state index is 0.496. The molecule has 0 atom stereocenters. The Hall–Kier alpha value is -0.500. The summed E-state index contributed by atoms with van der Waals surface area (Å²) in [4.78, 5) is 0. The van der Waals surface area contributed by atoms with Gasteiger partial charge >= 0.3 is 0 Å². The molecule has 0 aromatic heterocycles. The molecule has 2 rings (SSSR count). The molecule has 1 aliphatic carbocycles. The zero-order chi connectivity index (χ0) is 8.39.